The molecule has 0 N–H and O–H groups in total. The van der Waals surface area contributed by atoms with Crippen LogP contribution in [-0.2, 0) is 11.3 Å². The highest BCUT2D eigenvalue weighted by Gasteiger charge is 2.22. The van der Waals surface area contributed by atoms with Crippen LogP contribution in [0.4, 0.5) is 0 Å². The molecule has 0 unspecified atom stereocenters. The number of amides is 1. The molecule has 1 aromatic rings. The topological polar surface area (TPSA) is 38.1 Å². The van der Waals surface area contributed by atoms with E-state index in [9.17, 15) is 4.79 Å². The number of nitrogens with zero attached hydrogens (tertiary/aromatic N) is 3. The van der Waals surface area contributed by atoms with Crippen molar-refractivity contribution in [1.29, 1.82) is 0 Å². The van der Waals surface area contributed by atoms with E-state index in [1.807, 2.05) is 21.8 Å². The van der Waals surface area contributed by atoms with Crippen molar-refractivity contribution >= 4 is 5.91 Å². The fraction of sp³-hybridized carbons (Fsp3) is 0.733. The second-order valence-electron chi connectivity index (χ2n) is 5.83. The van der Waals surface area contributed by atoms with E-state index < -0.39 is 0 Å². The quantitative estimate of drug-likeness (QED) is 0.837. The molecule has 1 saturated heterocycles. The van der Waals surface area contributed by atoms with Gasteiger partial charge in [-0.3, -0.25) is 9.48 Å². The highest BCUT2D eigenvalue weighted by molar-refractivity contribution is 5.76. The van der Waals surface area contributed by atoms with Gasteiger partial charge in [-0.05, 0) is 37.2 Å². The van der Waals surface area contributed by atoms with E-state index in [4.69, 9.17) is 0 Å². The van der Waals surface area contributed by atoms with Gasteiger partial charge in [0.15, 0.2) is 0 Å². The highest BCUT2D eigenvalue weighted by atomic mass is 16.2. The van der Waals surface area contributed by atoms with Crippen LogP contribution in [0.25, 0.3) is 0 Å². The summed E-state index contributed by atoms with van der Waals surface area (Å²) < 4.78 is 1.83. The van der Waals surface area contributed by atoms with Gasteiger partial charge in [-0.25, -0.2) is 0 Å². The molecule has 2 heterocycles. The van der Waals surface area contributed by atoms with Crippen LogP contribution < -0.4 is 0 Å². The summed E-state index contributed by atoms with van der Waals surface area (Å²) in [6.07, 6.45) is 7.80. The van der Waals surface area contributed by atoms with Crippen molar-refractivity contribution in [2.45, 2.75) is 46.1 Å². The minimum atomic E-state index is 0.278. The molecule has 0 aliphatic carbocycles. The Bertz CT molecular complexity index is 386. The van der Waals surface area contributed by atoms with Crippen LogP contribution in [0.5, 0.6) is 0 Å². The molecule has 1 aromatic heterocycles. The van der Waals surface area contributed by atoms with Crippen molar-refractivity contribution < 1.29 is 4.79 Å². The Kier molecular flexibility index (Phi) is 5.00. The molecule has 19 heavy (non-hydrogen) atoms. The van der Waals surface area contributed by atoms with Gasteiger partial charge in [-0.2, -0.15) is 5.10 Å². The summed E-state index contributed by atoms with van der Waals surface area (Å²) in [5.41, 5.74) is 0. The van der Waals surface area contributed by atoms with Crippen LogP contribution in [0.1, 0.15) is 39.5 Å². The van der Waals surface area contributed by atoms with Gasteiger partial charge in [0.25, 0.3) is 0 Å². The largest absolute Gasteiger partial charge is 0.343 e. The minimum absolute atomic E-state index is 0.278. The van der Waals surface area contributed by atoms with Gasteiger partial charge < -0.3 is 4.90 Å². The summed E-state index contributed by atoms with van der Waals surface area (Å²) in [6, 6.07) is 1.89. The maximum Gasteiger partial charge on any atom is 0.224 e. The van der Waals surface area contributed by atoms with Crippen LogP contribution in [0.2, 0.25) is 0 Å². The maximum absolute atomic E-state index is 12.2. The lowest BCUT2D eigenvalue weighted by Gasteiger charge is -2.21. The van der Waals surface area contributed by atoms with Gasteiger partial charge in [0.05, 0.1) is 0 Å². The Balaban J connectivity index is 1.79. The highest BCUT2D eigenvalue weighted by Crippen LogP contribution is 2.24. The van der Waals surface area contributed by atoms with Gasteiger partial charge in [-0.1, -0.05) is 13.8 Å². The number of rotatable bonds is 4. The number of carbonyl (C=O) groups is 1. The standard InChI is InChI=1S/C15H25N3O/c1-13(2)14-5-3-9-17(11-6-14)15(19)7-12-18-10-4-8-16-18/h4,8,10,13-14H,3,5-7,9,11-12H2,1-2H3/t14-/m0/s1. The Morgan fingerprint density at radius 1 is 1.37 bits per heavy atom. The van der Waals surface area contributed by atoms with E-state index in [-0.39, 0.29) is 5.91 Å². The van der Waals surface area contributed by atoms with Crippen LogP contribution >= 0.6 is 0 Å². The molecule has 0 radical (unpaired) electrons. The fourth-order valence-corrected chi connectivity index (χ4v) is 2.84. The number of aromatic nitrogens is 2. The molecule has 1 aliphatic rings. The molecule has 106 valence electrons. The van der Waals surface area contributed by atoms with E-state index >= 15 is 0 Å². The van der Waals surface area contributed by atoms with E-state index in [1.165, 1.54) is 6.42 Å². The predicted octanol–water partition coefficient (Wildman–Crippen LogP) is 2.56. The molecule has 2 rings (SSSR count). The third-order valence-electron chi connectivity index (χ3n) is 4.18. The smallest absolute Gasteiger partial charge is 0.224 e. The van der Waals surface area contributed by atoms with Gasteiger partial charge >= 0.3 is 0 Å². The lowest BCUT2D eigenvalue weighted by Crippen LogP contribution is -2.32. The maximum atomic E-state index is 12.2. The van der Waals surface area contributed by atoms with Crippen LogP contribution in [-0.4, -0.2) is 33.7 Å². The lowest BCUT2D eigenvalue weighted by molar-refractivity contribution is -0.131. The van der Waals surface area contributed by atoms with Gasteiger partial charge in [-0.15, -0.1) is 0 Å². The molecule has 1 atom stereocenters. The number of likely N-dealkylation sites (tertiary alicyclic amines) is 1. The summed E-state index contributed by atoms with van der Waals surface area (Å²) in [5, 5.41) is 4.13. The average Bonchev–Trinajstić information content (AvgIpc) is 2.77. The molecule has 4 nitrogen and oxygen atoms in total. The van der Waals surface area contributed by atoms with E-state index in [2.05, 4.69) is 18.9 Å². The lowest BCUT2D eigenvalue weighted by atomic mass is 9.89. The number of hydrogen-bond donors (Lipinski definition) is 0. The van der Waals surface area contributed by atoms with Crippen molar-refractivity contribution in [3.05, 3.63) is 18.5 Å². The average molecular weight is 263 g/mol. The summed E-state index contributed by atoms with van der Waals surface area (Å²) in [6.45, 7) is 7.14. The van der Waals surface area contributed by atoms with Crippen LogP contribution in [0, 0.1) is 11.8 Å². The van der Waals surface area contributed by atoms with Crippen molar-refractivity contribution in [3.8, 4) is 0 Å². The minimum Gasteiger partial charge on any atom is -0.343 e. The molecular weight excluding hydrogens is 238 g/mol. The summed E-state index contributed by atoms with van der Waals surface area (Å²) in [7, 11) is 0. The zero-order valence-electron chi connectivity index (χ0n) is 12.1. The molecule has 1 aliphatic heterocycles. The number of carbonyl (C=O) groups excluding carboxylic acids is 1. The Hall–Kier alpha value is -1.32. The second kappa shape index (κ2) is 6.73. The molecular formula is C15H25N3O. The zero-order valence-corrected chi connectivity index (χ0v) is 12.1. The number of hydrogen-bond acceptors (Lipinski definition) is 2. The van der Waals surface area contributed by atoms with Gasteiger partial charge in [0.2, 0.25) is 5.91 Å². The first-order valence-electron chi connectivity index (χ1n) is 7.42. The van der Waals surface area contributed by atoms with Crippen molar-refractivity contribution in [2.24, 2.45) is 11.8 Å². The van der Waals surface area contributed by atoms with Crippen molar-refractivity contribution in [2.75, 3.05) is 13.1 Å². The Labute approximate surface area is 115 Å². The molecule has 1 amide bonds. The Morgan fingerprint density at radius 2 is 2.21 bits per heavy atom. The zero-order chi connectivity index (χ0) is 13.7. The van der Waals surface area contributed by atoms with Crippen molar-refractivity contribution in [1.82, 2.24) is 14.7 Å². The van der Waals surface area contributed by atoms with E-state index in [0.717, 1.165) is 37.8 Å². The molecule has 1 fully saturated rings. The van der Waals surface area contributed by atoms with Crippen LogP contribution in [0.15, 0.2) is 18.5 Å². The summed E-state index contributed by atoms with van der Waals surface area (Å²) in [4.78, 5) is 14.3. The van der Waals surface area contributed by atoms with Gasteiger partial charge in [0, 0.05) is 38.4 Å². The molecule has 0 aromatic carbocycles. The fourth-order valence-electron chi connectivity index (χ4n) is 2.84. The molecule has 0 saturated carbocycles. The first-order valence-corrected chi connectivity index (χ1v) is 7.42. The molecule has 0 spiro atoms. The Morgan fingerprint density at radius 3 is 2.89 bits per heavy atom. The van der Waals surface area contributed by atoms with Gasteiger partial charge in [0.1, 0.15) is 0 Å². The third-order valence-corrected chi connectivity index (χ3v) is 4.18. The predicted molar refractivity (Wildman–Crippen MR) is 75.6 cm³/mol. The first-order chi connectivity index (χ1) is 9.16. The monoisotopic (exact) mass is 263 g/mol. The van der Waals surface area contributed by atoms with Crippen LogP contribution in [0.3, 0.4) is 0 Å². The summed E-state index contributed by atoms with van der Waals surface area (Å²) in [5.74, 6) is 1.79. The van der Waals surface area contributed by atoms with E-state index in [0.29, 0.717) is 13.0 Å². The first kappa shape index (κ1) is 14.1. The SMILES string of the molecule is CC(C)[C@H]1CCCN(C(=O)CCn2cccn2)CC1. The molecule has 4 heteroatoms. The second-order valence-corrected chi connectivity index (χ2v) is 5.83. The van der Waals surface area contributed by atoms with E-state index in [1.54, 1.807) is 6.20 Å². The third kappa shape index (κ3) is 4.08. The summed E-state index contributed by atoms with van der Waals surface area (Å²) >= 11 is 0. The normalized spacial score (nSPS) is 20.6. The number of aryl methyl sites for hydroxylation is 1. The van der Waals surface area contributed by atoms with Crippen molar-refractivity contribution in [3.63, 3.8) is 0 Å². The molecule has 0 bridgehead atoms.